The fourth-order valence-electron chi connectivity index (χ4n) is 2.44. The molecule has 0 aliphatic rings. The van der Waals surface area contributed by atoms with Crippen LogP contribution in [0.4, 0.5) is 5.69 Å². The highest BCUT2D eigenvalue weighted by molar-refractivity contribution is 7.21. The second-order valence-electron chi connectivity index (χ2n) is 5.07. The summed E-state index contributed by atoms with van der Waals surface area (Å²) in [7, 11) is 0. The normalized spacial score (nSPS) is 11.0. The first-order valence-corrected chi connectivity index (χ1v) is 7.87. The van der Waals surface area contributed by atoms with Crippen LogP contribution in [0.25, 0.3) is 10.2 Å². The zero-order chi connectivity index (χ0) is 15.6. The van der Waals surface area contributed by atoms with E-state index in [-0.39, 0.29) is 12.5 Å². The van der Waals surface area contributed by atoms with Crippen molar-refractivity contribution in [3.05, 3.63) is 22.2 Å². The van der Waals surface area contributed by atoms with Crippen LogP contribution < -0.4 is 5.73 Å². The molecular formula is C15H21N3O2S. The molecule has 2 aromatic heterocycles. The minimum atomic E-state index is -0.0801. The number of carbonyl (C=O) groups excluding carboxylic acids is 1. The average Bonchev–Trinajstić information content (AvgIpc) is 2.76. The van der Waals surface area contributed by atoms with Crippen molar-refractivity contribution < 1.29 is 9.90 Å². The minimum Gasteiger partial charge on any atom is -0.397 e. The largest absolute Gasteiger partial charge is 0.397 e. The number of aliphatic hydroxyl groups excluding tert-OH is 1. The molecule has 0 saturated carbocycles. The summed E-state index contributed by atoms with van der Waals surface area (Å²) in [6.07, 6.45) is 0.570. The molecule has 0 bridgehead atoms. The maximum Gasteiger partial charge on any atom is 0.266 e. The van der Waals surface area contributed by atoms with Gasteiger partial charge in [-0.15, -0.1) is 11.3 Å². The summed E-state index contributed by atoms with van der Waals surface area (Å²) in [6.45, 7) is 7.04. The smallest absolute Gasteiger partial charge is 0.266 e. The fraction of sp³-hybridized carbons (Fsp3) is 0.467. The van der Waals surface area contributed by atoms with Gasteiger partial charge in [0.2, 0.25) is 0 Å². The molecule has 2 heterocycles. The Kier molecular flexibility index (Phi) is 4.80. The highest BCUT2D eigenvalue weighted by Gasteiger charge is 2.22. The predicted molar refractivity (Wildman–Crippen MR) is 86.8 cm³/mol. The van der Waals surface area contributed by atoms with Gasteiger partial charge < -0.3 is 15.7 Å². The molecule has 0 spiro atoms. The number of aromatic nitrogens is 1. The Labute approximate surface area is 128 Å². The van der Waals surface area contributed by atoms with Crippen molar-refractivity contribution in [1.82, 2.24) is 9.88 Å². The summed E-state index contributed by atoms with van der Waals surface area (Å²) in [5, 5.41) is 9.81. The number of thiophene rings is 1. The monoisotopic (exact) mass is 307 g/mol. The molecule has 1 amide bonds. The number of nitrogens with two attached hydrogens (primary N) is 1. The lowest BCUT2D eigenvalue weighted by atomic mass is 10.1. The number of aryl methyl sites for hydroxylation is 2. The number of amides is 1. The first kappa shape index (κ1) is 15.7. The number of anilines is 1. The van der Waals surface area contributed by atoms with Gasteiger partial charge in [0, 0.05) is 30.8 Å². The van der Waals surface area contributed by atoms with Crippen molar-refractivity contribution in [2.45, 2.75) is 27.2 Å². The topological polar surface area (TPSA) is 79.5 Å². The van der Waals surface area contributed by atoms with E-state index in [2.05, 4.69) is 4.98 Å². The number of hydrogen-bond acceptors (Lipinski definition) is 5. The Morgan fingerprint density at radius 3 is 2.81 bits per heavy atom. The first-order valence-electron chi connectivity index (χ1n) is 7.06. The number of fused-ring (bicyclic) bond motifs is 1. The van der Waals surface area contributed by atoms with Crippen molar-refractivity contribution in [1.29, 1.82) is 0 Å². The van der Waals surface area contributed by atoms with Gasteiger partial charge in [0.1, 0.15) is 9.71 Å². The zero-order valence-electron chi connectivity index (χ0n) is 12.6. The van der Waals surface area contributed by atoms with E-state index >= 15 is 0 Å². The number of hydrogen-bond donors (Lipinski definition) is 2. The number of rotatable bonds is 5. The van der Waals surface area contributed by atoms with Crippen molar-refractivity contribution in [2.24, 2.45) is 0 Å². The molecule has 5 nitrogen and oxygen atoms in total. The molecule has 0 aromatic carbocycles. The van der Waals surface area contributed by atoms with Gasteiger partial charge >= 0.3 is 0 Å². The Morgan fingerprint density at radius 2 is 2.19 bits per heavy atom. The molecule has 2 rings (SSSR count). The fourth-order valence-corrected chi connectivity index (χ4v) is 3.62. The van der Waals surface area contributed by atoms with Gasteiger partial charge in [-0.3, -0.25) is 4.79 Å². The maximum absolute atomic E-state index is 12.6. The predicted octanol–water partition coefficient (Wildman–Crippen LogP) is 2.34. The van der Waals surface area contributed by atoms with Crippen LogP contribution in [0, 0.1) is 13.8 Å². The first-order chi connectivity index (χ1) is 9.99. The molecule has 0 unspecified atom stereocenters. The van der Waals surface area contributed by atoms with E-state index in [4.69, 9.17) is 10.8 Å². The lowest BCUT2D eigenvalue weighted by Crippen LogP contribution is -2.32. The Morgan fingerprint density at radius 1 is 1.48 bits per heavy atom. The number of nitrogen functional groups attached to an aromatic ring is 1. The van der Waals surface area contributed by atoms with Gasteiger partial charge in [0.05, 0.1) is 5.69 Å². The molecule has 0 radical (unpaired) electrons. The maximum atomic E-state index is 12.6. The van der Waals surface area contributed by atoms with Crippen molar-refractivity contribution >= 4 is 33.1 Å². The standard InChI is InChI=1S/C15H21N3O2S/c1-4-18(6-5-7-19)15(20)13-12(16)11-9(2)8-10(3)17-14(11)21-13/h8,19H,4-7,16H2,1-3H3. The summed E-state index contributed by atoms with van der Waals surface area (Å²) >= 11 is 1.35. The molecule has 0 aliphatic carbocycles. The van der Waals surface area contributed by atoms with Crippen LogP contribution >= 0.6 is 11.3 Å². The van der Waals surface area contributed by atoms with Crippen LogP contribution in [-0.4, -0.2) is 40.6 Å². The van der Waals surface area contributed by atoms with Crippen LogP contribution in [0.2, 0.25) is 0 Å². The molecule has 114 valence electrons. The molecule has 3 N–H and O–H groups in total. The highest BCUT2D eigenvalue weighted by atomic mass is 32.1. The number of aliphatic hydroxyl groups is 1. The van der Waals surface area contributed by atoms with Gasteiger partial charge in [-0.25, -0.2) is 4.98 Å². The molecule has 0 aliphatic heterocycles. The van der Waals surface area contributed by atoms with E-state index in [0.29, 0.717) is 30.1 Å². The molecule has 2 aromatic rings. The van der Waals surface area contributed by atoms with E-state index in [9.17, 15) is 4.79 Å². The number of nitrogens with zero attached hydrogens (tertiary/aromatic N) is 2. The van der Waals surface area contributed by atoms with E-state index in [1.54, 1.807) is 4.90 Å². The van der Waals surface area contributed by atoms with Crippen LogP contribution in [0.1, 0.15) is 34.3 Å². The number of pyridine rings is 1. The van der Waals surface area contributed by atoms with E-state index in [0.717, 1.165) is 21.5 Å². The lowest BCUT2D eigenvalue weighted by Gasteiger charge is -2.19. The van der Waals surface area contributed by atoms with Gasteiger partial charge in [-0.2, -0.15) is 0 Å². The third-order valence-corrected chi connectivity index (χ3v) is 4.56. The zero-order valence-corrected chi connectivity index (χ0v) is 13.5. The Hall–Kier alpha value is -1.66. The highest BCUT2D eigenvalue weighted by Crippen LogP contribution is 2.35. The van der Waals surface area contributed by atoms with E-state index < -0.39 is 0 Å². The molecule has 0 saturated heterocycles. The summed E-state index contributed by atoms with van der Waals surface area (Å²) in [4.78, 5) is 20.2. The van der Waals surface area contributed by atoms with E-state index in [1.807, 2.05) is 26.8 Å². The van der Waals surface area contributed by atoms with Gasteiger partial charge in [-0.1, -0.05) is 0 Å². The van der Waals surface area contributed by atoms with Crippen LogP contribution in [0.5, 0.6) is 0 Å². The summed E-state index contributed by atoms with van der Waals surface area (Å²) in [5.41, 5.74) is 8.68. The molecule has 6 heteroatoms. The average molecular weight is 307 g/mol. The van der Waals surface area contributed by atoms with Crippen molar-refractivity contribution in [2.75, 3.05) is 25.4 Å². The minimum absolute atomic E-state index is 0.0749. The van der Waals surface area contributed by atoms with Crippen molar-refractivity contribution in [3.8, 4) is 0 Å². The lowest BCUT2D eigenvalue weighted by molar-refractivity contribution is 0.0760. The van der Waals surface area contributed by atoms with Crippen LogP contribution in [0.3, 0.4) is 0 Å². The summed E-state index contributed by atoms with van der Waals surface area (Å²) < 4.78 is 0. The summed E-state index contributed by atoms with van der Waals surface area (Å²) in [6, 6.07) is 1.98. The van der Waals surface area contributed by atoms with Gasteiger partial charge in [-0.05, 0) is 38.8 Å². The molecular weight excluding hydrogens is 286 g/mol. The van der Waals surface area contributed by atoms with E-state index in [1.165, 1.54) is 11.3 Å². The molecule has 0 atom stereocenters. The molecule has 0 fully saturated rings. The SMILES string of the molecule is CCN(CCCO)C(=O)c1sc2nc(C)cc(C)c2c1N. The summed E-state index contributed by atoms with van der Waals surface area (Å²) in [5.74, 6) is -0.0801. The van der Waals surface area contributed by atoms with Crippen LogP contribution in [-0.2, 0) is 0 Å². The Balaban J connectivity index is 2.44. The third kappa shape index (κ3) is 3.01. The Bertz CT molecular complexity index is 666. The van der Waals surface area contributed by atoms with Crippen LogP contribution in [0.15, 0.2) is 6.07 Å². The van der Waals surface area contributed by atoms with Gasteiger partial charge in [0.25, 0.3) is 5.91 Å². The number of carbonyl (C=O) groups is 1. The van der Waals surface area contributed by atoms with Crippen molar-refractivity contribution in [3.63, 3.8) is 0 Å². The van der Waals surface area contributed by atoms with Gasteiger partial charge in [0.15, 0.2) is 0 Å². The second kappa shape index (κ2) is 6.41. The third-order valence-electron chi connectivity index (χ3n) is 3.47. The molecule has 21 heavy (non-hydrogen) atoms. The second-order valence-corrected chi connectivity index (χ2v) is 6.07. The quantitative estimate of drug-likeness (QED) is 0.888.